The van der Waals surface area contributed by atoms with Crippen LogP contribution in [0, 0.1) is 11.8 Å². The number of amides is 5. The van der Waals surface area contributed by atoms with Crippen molar-refractivity contribution in [1.29, 1.82) is 0 Å². The Labute approximate surface area is 312 Å². The maximum atomic E-state index is 13.5. The van der Waals surface area contributed by atoms with Crippen LogP contribution in [0.4, 0.5) is 15.4 Å². The van der Waals surface area contributed by atoms with Crippen molar-refractivity contribution in [2.75, 3.05) is 32.6 Å². The van der Waals surface area contributed by atoms with Crippen LogP contribution < -0.4 is 16.0 Å². The van der Waals surface area contributed by atoms with E-state index in [1.54, 1.807) is 27.9 Å². The Morgan fingerprint density at radius 3 is 2.04 bits per heavy atom. The van der Waals surface area contributed by atoms with Gasteiger partial charge in [-0.05, 0) is 43.1 Å². The molecule has 4 aromatic rings. The summed E-state index contributed by atoms with van der Waals surface area (Å²) >= 11 is 0. The van der Waals surface area contributed by atoms with E-state index < -0.39 is 30.3 Å². The second-order valence-electron chi connectivity index (χ2n) is 14.3. The maximum Gasteiger partial charge on any atom is 0.407 e. The van der Waals surface area contributed by atoms with Crippen LogP contribution in [-0.4, -0.2) is 104 Å². The molecule has 4 unspecified atom stereocenters. The van der Waals surface area contributed by atoms with Gasteiger partial charge in [0.1, 0.15) is 23.9 Å². The van der Waals surface area contributed by atoms with Gasteiger partial charge in [0.05, 0.1) is 44.5 Å². The van der Waals surface area contributed by atoms with Gasteiger partial charge in [-0.25, -0.2) is 14.6 Å². The molecule has 2 fully saturated rings. The first-order valence-corrected chi connectivity index (χ1v) is 18.1. The fraction of sp³-hybridized carbons (Fsp3) is 0.486. The lowest BCUT2D eigenvalue weighted by atomic mass is 10.0. The number of carbonyl (C=O) groups excluding carboxylic acids is 5. The number of aromatic amines is 1. The molecule has 0 saturated carbocycles. The second kappa shape index (κ2) is 16.0. The number of likely N-dealkylation sites (tertiary alicyclic amines) is 2. The van der Waals surface area contributed by atoms with E-state index in [1.807, 2.05) is 52.0 Å². The zero-order valence-electron chi connectivity index (χ0n) is 31.3. The van der Waals surface area contributed by atoms with Gasteiger partial charge in [-0.3, -0.25) is 18.8 Å². The highest BCUT2D eigenvalue weighted by molar-refractivity contribution is 5.98. The van der Waals surface area contributed by atoms with Crippen LogP contribution in [0.1, 0.15) is 65.2 Å². The molecule has 5 heterocycles. The van der Waals surface area contributed by atoms with Crippen molar-refractivity contribution in [1.82, 2.24) is 39.8 Å². The van der Waals surface area contributed by atoms with Crippen LogP contribution in [0.5, 0.6) is 0 Å². The number of H-pyrrole nitrogens is 1. The summed E-state index contributed by atoms with van der Waals surface area (Å²) in [6, 6.07) is 5.22. The molecule has 0 radical (unpaired) electrons. The number of nitrogens with zero attached hydrogens (tertiary/aromatic N) is 5. The standard InChI is InChI=1S/C37H47N9O8/c1-20(2)29(42-36(50)52-5)33(48)45-15-7-9-25(45)31-38-17-24(39-31)22-11-13-23(14-12-22)27-18-44-19-28(41-35(44)54-27)40-32(47)26-10-8-16-46(26)34(49)30(21(3)4)43-37(51)53-6/h11-14,17-21,25-26,29-30H,7-10,15-16H2,1-6H3,(H,38,39)(H,40,47)(H,42,50)(H,43,51). The van der Waals surface area contributed by atoms with Crippen LogP contribution in [0.3, 0.4) is 0 Å². The summed E-state index contributed by atoms with van der Waals surface area (Å²) in [4.78, 5) is 79.7. The molecule has 54 heavy (non-hydrogen) atoms. The number of methoxy groups -OCH3 is 2. The van der Waals surface area contributed by atoms with E-state index in [1.165, 1.54) is 19.1 Å². The van der Waals surface area contributed by atoms with Gasteiger partial charge in [-0.2, -0.15) is 4.98 Å². The normalized spacial score (nSPS) is 18.2. The fourth-order valence-electron chi connectivity index (χ4n) is 7.04. The first-order valence-electron chi connectivity index (χ1n) is 18.1. The molecular weight excluding hydrogens is 698 g/mol. The van der Waals surface area contributed by atoms with E-state index >= 15 is 0 Å². The van der Waals surface area contributed by atoms with Crippen molar-refractivity contribution in [3.05, 3.63) is 48.7 Å². The molecule has 2 aliphatic heterocycles. The lowest BCUT2D eigenvalue weighted by Crippen LogP contribution is -2.54. The van der Waals surface area contributed by atoms with E-state index in [9.17, 15) is 24.0 Å². The smallest absolute Gasteiger partial charge is 0.407 e. The number of nitrogens with one attached hydrogen (secondary N) is 4. The van der Waals surface area contributed by atoms with Crippen LogP contribution in [-0.2, 0) is 23.9 Å². The molecule has 0 bridgehead atoms. The van der Waals surface area contributed by atoms with Crippen molar-refractivity contribution < 1.29 is 37.9 Å². The maximum absolute atomic E-state index is 13.5. The third-order valence-corrected chi connectivity index (χ3v) is 9.96. The molecule has 1 aromatic carbocycles. The Hall–Kier alpha value is -5.87. The van der Waals surface area contributed by atoms with E-state index in [0.717, 1.165) is 29.7 Å². The van der Waals surface area contributed by atoms with Crippen LogP contribution in [0.15, 0.2) is 47.3 Å². The van der Waals surface area contributed by atoms with Gasteiger partial charge in [-0.15, -0.1) is 0 Å². The van der Waals surface area contributed by atoms with Crippen LogP contribution >= 0.6 is 0 Å². The van der Waals surface area contributed by atoms with Crippen molar-refractivity contribution in [2.45, 2.75) is 77.5 Å². The van der Waals surface area contributed by atoms with E-state index in [4.69, 9.17) is 9.15 Å². The Bertz CT molecular complexity index is 1970. The van der Waals surface area contributed by atoms with Crippen LogP contribution in [0.25, 0.3) is 28.4 Å². The summed E-state index contributed by atoms with van der Waals surface area (Å²) in [6.07, 6.45) is 6.51. The predicted molar refractivity (Wildman–Crippen MR) is 196 cm³/mol. The second-order valence-corrected chi connectivity index (χ2v) is 14.3. The van der Waals surface area contributed by atoms with E-state index in [0.29, 0.717) is 37.5 Å². The quantitative estimate of drug-likeness (QED) is 0.171. The topological polar surface area (TPSA) is 205 Å². The number of rotatable bonds is 11. The zero-order chi connectivity index (χ0) is 38.7. The van der Waals surface area contributed by atoms with Gasteiger partial charge in [0.25, 0.3) is 0 Å². The van der Waals surface area contributed by atoms with Gasteiger partial charge in [0, 0.05) is 18.7 Å². The Morgan fingerprint density at radius 2 is 1.43 bits per heavy atom. The molecule has 4 atom stereocenters. The minimum Gasteiger partial charge on any atom is -0.453 e. The minimum atomic E-state index is -0.827. The number of anilines is 1. The Morgan fingerprint density at radius 1 is 0.833 bits per heavy atom. The van der Waals surface area contributed by atoms with Gasteiger partial charge in [0.2, 0.25) is 17.7 Å². The van der Waals surface area contributed by atoms with Crippen molar-refractivity contribution in [3.63, 3.8) is 0 Å². The Balaban J connectivity index is 1.09. The molecule has 0 aliphatic carbocycles. The first kappa shape index (κ1) is 37.9. The number of benzene rings is 1. The molecule has 2 aliphatic rings. The largest absolute Gasteiger partial charge is 0.453 e. The summed E-state index contributed by atoms with van der Waals surface area (Å²) in [5.74, 6) is 0.593. The molecule has 17 nitrogen and oxygen atoms in total. The van der Waals surface area contributed by atoms with Gasteiger partial charge < -0.3 is 44.6 Å². The lowest BCUT2D eigenvalue weighted by Gasteiger charge is -2.30. The van der Waals surface area contributed by atoms with Crippen LogP contribution in [0.2, 0.25) is 0 Å². The summed E-state index contributed by atoms with van der Waals surface area (Å²) in [5, 5.41) is 8.06. The zero-order valence-corrected chi connectivity index (χ0v) is 31.3. The van der Waals surface area contributed by atoms with Gasteiger partial charge >= 0.3 is 18.0 Å². The van der Waals surface area contributed by atoms with Gasteiger partial charge in [-0.1, -0.05) is 52.0 Å². The molecular formula is C37H47N9O8. The van der Waals surface area contributed by atoms with Crippen molar-refractivity contribution in [3.8, 4) is 22.6 Å². The lowest BCUT2D eigenvalue weighted by molar-refractivity contribution is -0.139. The third-order valence-electron chi connectivity index (χ3n) is 9.96. The number of alkyl carbamates (subject to hydrolysis) is 2. The number of fused-ring (bicyclic) bond motifs is 1. The third kappa shape index (κ3) is 7.89. The summed E-state index contributed by atoms with van der Waals surface area (Å²) in [7, 11) is 2.51. The average molecular weight is 746 g/mol. The average Bonchev–Trinajstić information content (AvgIpc) is 4.00. The predicted octanol–water partition coefficient (Wildman–Crippen LogP) is 4.34. The molecule has 6 rings (SSSR count). The SMILES string of the molecule is COC(=O)NC(C(=O)N1CCCC1C(=O)Nc1cn2cc(-c3ccc(-c4cnc(C5CCCN5C(=O)C(NC(=O)OC)C(C)C)[nH]4)cc3)oc2n1)C(C)C. The minimum absolute atomic E-state index is 0.126. The van der Waals surface area contributed by atoms with Crippen molar-refractivity contribution >= 4 is 41.6 Å². The summed E-state index contributed by atoms with van der Waals surface area (Å²) in [6.45, 7) is 8.36. The molecule has 0 spiro atoms. The monoisotopic (exact) mass is 745 g/mol. The number of hydrogen-bond donors (Lipinski definition) is 4. The van der Waals surface area contributed by atoms with E-state index in [2.05, 4.69) is 35.6 Å². The molecule has 3 aromatic heterocycles. The number of aromatic nitrogens is 4. The number of hydrogen-bond acceptors (Lipinski definition) is 10. The number of imidazole rings is 2. The van der Waals surface area contributed by atoms with Crippen molar-refractivity contribution in [2.24, 2.45) is 11.8 Å². The summed E-state index contributed by atoms with van der Waals surface area (Å²) < 4.78 is 17.1. The molecule has 4 N–H and O–H groups in total. The highest BCUT2D eigenvalue weighted by Crippen LogP contribution is 2.33. The Kier molecular flexibility index (Phi) is 11.2. The number of ether oxygens (including phenoxy) is 2. The van der Waals surface area contributed by atoms with E-state index in [-0.39, 0.29) is 47.3 Å². The molecule has 2 saturated heterocycles. The first-order chi connectivity index (χ1) is 25.9. The highest BCUT2D eigenvalue weighted by Gasteiger charge is 2.40. The molecule has 288 valence electrons. The number of carbonyl (C=O) groups is 5. The highest BCUT2D eigenvalue weighted by atomic mass is 16.5. The number of oxazole rings is 1. The fourth-order valence-corrected chi connectivity index (χ4v) is 7.04. The molecule has 17 heteroatoms. The summed E-state index contributed by atoms with van der Waals surface area (Å²) in [5.41, 5.74) is 2.49. The molecule has 5 amide bonds. The van der Waals surface area contributed by atoms with Gasteiger partial charge in [0.15, 0.2) is 11.6 Å².